The molecule has 0 saturated carbocycles. The highest BCUT2D eigenvalue weighted by Crippen LogP contribution is 2.39. The normalized spacial score (nSPS) is 20.0. The number of carbonyl (C=O) groups excluding carboxylic acids is 2. The Morgan fingerprint density at radius 1 is 1.43 bits per heavy atom. The summed E-state index contributed by atoms with van der Waals surface area (Å²) in [5.41, 5.74) is 1.63. The monoisotopic (exact) mass is 319 g/mol. The summed E-state index contributed by atoms with van der Waals surface area (Å²) < 4.78 is 4.80. The van der Waals surface area contributed by atoms with Crippen molar-refractivity contribution < 1.29 is 19.2 Å². The van der Waals surface area contributed by atoms with Crippen LogP contribution in [0, 0.1) is 10.1 Å². The predicted octanol–water partition coefficient (Wildman–Crippen LogP) is 1.62. The summed E-state index contributed by atoms with van der Waals surface area (Å²) in [6.07, 6.45) is 2.13. The molecule has 2 aliphatic heterocycles. The number of hydrogen-bond donors (Lipinski definition) is 1. The number of hydrogen-bond acceptors (Lipinski definition) is 6. The Morgan fingerprint density at radius 2 is 2.22 bits per heavy atom. The van der Waals surface area contributed by atoms with Crippen LogP contribution in [0.2, 0.25) is 0 Å². The van der Waals surface area contributed by atoms with Crippen molar-refractivity contribution in [3.8, 4) is 0 Å². The number of rotatable bonds is 3. The van der Waals surface area contributed by atoms with Gasteiger partial charge in [0, 0.05) is 24.7 Å². The van der Waals surface area contributed by atoms with Gasteiger partial charge >= 0.3 is 5.97 Å². The van der Waals surface area contributed by atoms with Gasteiger partial charge in [-0.1, -0.05) is 0 Å². The molecule has 1 atom stereocenters. The molecule has 1 fully saturated rings. The first-order chi connectivity index (χ1) is 11.0. The number of fused-ring (bicyclic) bond motifs is 1. The molecule has 1 saturated heterocycles. The predicted molar refractivity (Wildman–Crippen MR) is 82.4 cm³/mol. The van der Waals surface area contributed by atoms with Crippen molar-refractivity contribution in [1.82, 2.24) is 0 Å². The Morgan fingerprint density at radius 3 is 2.91 bits per heavy atom. The number of ether oxygens (including phenoxy) is 1. The fourth-order valence-corrected chi connectivity index (χ4v) is 3.22. The maximum absolute atomic E-state index is 11.9. The van der Waals surface area contributed by atoms with E-state index in [4.69, 9.17) is 4.74 Å². The highest BCUT2D eigenvalue weighted by Gasteiger charge is 2.36. The quantitative estimate of drug-likeness (QED) is 0.516. The topological polar surface area (TPSA) is 102 Å². The standard InChI is InChI=1S/C15H17N3O5/c1-23-15(20)11-3-2-6-17(11)12-8-10-9(4-5-14(19)16-10)7-13(12)18(21)22/h7-8,11H,2-6H2,1H3,(H,16,19)/t11-/m1/s1. The van der Waals surface area contributed by atoms with E-state index in [9.17, 15) is 19.7 Å². The minimum absolute atomic E-state index is 0.0456. The summed E-state index contributed by atoms with van der Waals surface area (Å²) in [5, 5.41) is 14.2. The zero-order valence-electron chi connectivity index (χ0n) is 12.7. The highest BCUT2D eigenvalue weighted by atomic mass is 16.6. The third-order valence-electron chi connectivity index (χ3n) is 4.33. The van der Waals surface area contributed by atoms with Gasteiger partial charge in [-0.15, -0.1) is 0 Å². The highest BCUT2D eigenvalue weighted by molar-refractivity contribution is 5.95. The van der Waals surface area contributed by atoms with Gasteiger partial charge in [0.2, 0.25) is 5.91 Å². The first-order valence-corrected chi connectivity index (χ1v) is 7.47. The number of amides is 1. The molecule has 2 aliphatic rings. The van der Waals surface area contributed by atoms with Crippen LogP contribution in [0.4, 0.5) is 17.1 Å². The number of esters is 1. The molecule has 1 aromatic rings. The lowest BCUT2D eigenvalue weighted by atomic mass is 10.0. The average molecular weight is 319 g/mol. The van der Waals surface area contributed by atoms with Crippen LogP contribution in [0.3, 0.4) is 0 Å². The molecule has 1 aromatic carbocycles. The number of benzene rings is 1. The van der Waals surface area contributed by atoms with Crippen LogP contribution in [-0.4, -0.2) is 36.5 Å². The Balaban J connectivity index is 2.06. The van der Waals surface area contributed by atoms with E-state index in [-0.39, 0.29) is 11.6 Å². The van der Waals surface area contributed by atoms with Crippen LogP contribution in [0.5, 0.6) is 0 Å². The number of methoxy groups -OCH3 is 1. The van der Waals surface area contributed by atoms with Gasteiger partial charge in [0.1, 0.15) is 11.7 Å². The van der Waals surface area contributed by atoms with Gasteiger partial charge in [0.15, 0.2) is 0 Å². The van der Waals surface area contributed by atoms with Crippen LogP contribution in [0.15, 0.2) is 12.1 Å². The first kappa shape index (κ1) is 15.3. The fourth-order valence-electron chi connectivity index (χ4n) is 3.22. The van der Waals surface area contributed by atoms with Crippen molar-refractivity contribution in [2.75, 3.05) is 23.9 Å². The molecule has 0 spiro atoms. The second-order valence-electron chi connectivity index (χ2n) is 5.68. The summed E-state index contributed by atoms with van der Waals surface area (Å²) in [4.78, 5) is 36.2. The van der Waals surface area contributed by atoms with Crippen LogP contribution in [0.25, 0.3) is 0 Å². The summed E-state index contributed by atoms with van der Waals surface area (Å²) in [7, 11) is 1.31. The lowest BCUT2D eigenvalue weighted by molar-refractivity contribution is -0.384. The minimum Gasteiger partial charge on any atom is -0.467 e. The summed E-state index contributed by atoms with van der Waals surface area (Å²) in [6.45, 7) is 0.535. The van der Waals surface area contributed by atoms with Crippen molar-refractivity contribution in [3.05, 3.63) is 27.8 Å². The molecule has 1 amide bonds. The van der Waals surface area contributed by atoms with Crippen molar-refractivity contribution in [3.63, 3.8) is 0 Å². The molecular weight excluding hydrogens is 302 g/mol. The Labute approximate surface area is 132 Å². The molecule has 0 unspecified atom stereocenters. The van der Waals surface area contributed by atoms with Crippen molar-refractivity contribution in [2.45, 2.75) is 31.7 Å². The first-order valence-electron chi connectivity index (χ1n) is 7.47. The second kappa shape index (κ2) is 5.86. The molecule has 23 heavy (non-hydrogen) atoms. The summed E-state index contributed by atoms with van der Waals surface area (Å²) in [6, 6.07) is 2.57. The Hall–Kier alpha value is -2.64. The van der Waals surface area contributed by atoms with Crippen LogP contribution in [0.1, 0.15) is 24.8 Å². The SMILES string of the molecule is COC(=O)[C@H]1CCCN1c1cc2c(cc1[N+](=O)[O-])CCC(=O)N2. The summed E-state index contributed by atoms with van der Waals surface area (Å²) >= 11 is 0. The van der Waals surface area contributed by atoms with E-state index >= 15 is 0 Å². The van der Waals surface area contributed by atoms with Crippen LogP contribution < -0.4 is 10.2 Å². The molecular formula is C15H17N3O5. The molecule has 122 valence electrons. The van der Waals surface area contributed by atoms with E-state index in [2.05, 4.69) is 5.32 Å². The van der Waals surface area contributed by atoms with E-state index in [0.29, 0.717) is 37.2 Å². The lowest BCUT2D eigenvalue weighted by Crippen LogP contribution is -2.37. The fraction of sp³-hybridized carbons (Fsp3) is 0.467. The van der Waals surface area contributed by atoms with Gasteiger partial charge in [0.05, 0.1) is 12.0 Å². The van der Waals surface area contributed by atoms with Gasteiger partial charge in [-0.2, -0.15) is 0 Å². The van der Waals surface area contributed by atoms with Gasteiger partial charge in [0.25, 0.3) is 5.69 Å². The second-order valence-corrected chi connectivity index (χ2v) is 5.68. The van der Waals surface area contributed by atoms with E-state index in [1.165, 1.54) is 13.2 Å². The zero-order valence-corrected chi connectivity index (χ0v) is 12.7. The number of nitro benzene ring substituents is 1. The number of nitrogens with zero attached hydrogens (tertiary/aromatic N) is 2. The zero-order chi connectivity index (χ0) is 16.6. The van der Waals surface area contributed by atoms with E-state index < -0.39 is 16.9 Å². The average Bonchev–Trinajstić information content (AvgIpc) is 3.02. The van der Waals surface area contributed by atoms with Gasteiger partial charge in [-0.05, 0) is 30.9 Å². The number of anilines is 2. The maximum atomic E-state index is 11.9. The molecule has 8 nitrogen and oxygen atoms in total. The van der Waals surface area contributed by atoms with Crippen LogP contribution >= 0.6 is 0 Å². The molecule has 0 aromatic heterocycles. The molecule has 0 radical (unpaired) electrons. The number of aryl methyl sites for hydroxylation is 1. The largest absolute Gasteiger partial charge is 0.467 e. The summed E-state index contributed by atoms with van der Waals surface area (Å²) in [5.74, 6) is -0.512. The molecule has 1 N–H and O–H groups in total. The number of nitro groups is 1. The van der Waals surface area contributed by atoms with Crippen molar-refractivity contribution in [1.29, 1.82) is 0 Å². The lowest BCUT2D eigenvalue weighted by Gasteiger charge is -2.26. The maximum Gasteiger partial charge on any atom is 0.328 e. The van der Waals surface area contributed by atoms with Crippen molar-refractivity contribution >= 4 is 28.9 Å². The molecule has 3 rings (SSSR count). The van der Waals surface area contributed by atoms with Gasteiger partial charge in [-0.3, -0.25) is 14.9 Å². The minimum atomic E-state index is -0.531. The smallest absolute Gasteiger partial charge is 0.328 e. The van der Waals surface area contributed by atoms with Gasteiger partial charge in [-0.25, -0.2) is 4.79 Å². The molecule has 0 aliphatic carbocycles. The number of nitrogens with one attached hydrogen (secondary N) is 1. The molecule has 8 heteroatoms. The van der Waals surface area contributed by atoms with E-state index in [1.54, 1.807) is 11.0 Å². The van der Waals surface area contributed by atoms with Crippen LogP contribution in [-0.2, 0) is 20.7 Å². The third-order valence-corrected chi connectivity index (χ3v) is 4.33. The molecule has 0 bridgehead atoms. The third kappa shape index (κ3) is 2.71. The van der Waals surface area contributed by atoms with Crippen molar-refractivity contribution in [2.24, 2.45) is 0 Å². The van der Waals surface area contributed by atoms with E-state index in [1.807, 2.05) is 0 Å². The van der Waals surface area contributed by atoms with Gasteiger partial charge < -0.3 is 15.0 Å². The Bertz CT molecular complexity index is 688. The Kier molecular flexibility index (Phi) is 3.89. The molecule has 2 heterocycles. The van der Waals surface area contributed by atoms with E-state index in [0.717, 1.165) is 12.0 Å². The number of carbonyl (C=O) groups is 2.